The first-order chi connectivity index (χ1) is 9.02. The van der Waals surface area contributed by atoms with Crippen molar-refractivity contribution in [2.45, 2.75) is 5.33 Å². The second-order valence-electron chi connectivity index (χ2n) is 3.50. The molecule has 2 rings (SSSR count). The highest BCUT2D eigenvalue weighted by Gasteiger charge is 2.13. The van der Waals surface area contributed by atoms with Crippen LogP contribution in [0.2, 0.25) is 10.0 Å². The number of amides is 1. The van der Waals surface area contributed by atoms with Crippen LogP contribution in [0.1, 0.15) is 4.88 Å². The molecule has 0 unspecified atom stereocenters. The molecular formula is C11H7BrCl2N2O2S. The first kappa shape index (κ1) is 14.6. The molecule has 0 bridgehead atoms. The lowest BCUT2D eigenvalue weighted by molar-refractivity contribution is 0.255. The van der Waals surface area contributed by atoms with Crippen LogP contribution in [0.15, 0.2) is 29.1 Å². The molecule has 0 aliphatic carbocycles. The Bertz CT molecular complexity index is 684. The van der Waals surface area contributed by atoms with Gasteiger partial charge in [-0.25, -0.2) is 4.79 Å². The number of halogens is 3. The number of nitrogens with zero attached hydrogens (tertiary/aromatic N) is 1. The van der Waals surface area contributed by atoms with E-state index in [1.165, 1.54) is 6.07 Å². The van der Waals surface area contributed by atoms with E-state index in [1.807, 2.05) is 0 Å². The number of hydrogen-bond acceptors (Lipinski definition) is 3. The van der Waals surface area contributed by atoms with Crippen LogP contribution in [-0.2, 0) is 5.33 Å². The SMILES string of the molecule is O=C(Nc1cccc(Cl)c1Cl)n1sc(CBr)cc1=O. The molecule has 0 aliphatic rings. The van der Waals surface area contributed by atoms with Gasteiger partial charge >= 0.3 is 6.03 Å². The lowest BCUT2D eigenvalue weighted by atomic mass is 10.3. The summed E-state index contributed by atoms with van der Waals surface area (Å²) in [7, 11) is 0. The summed E-state index contributed by atoms with van der Waals surface area (Å²) in [6.45, 7) is 0. The number of carbonyl (C=O) groups is 1. The molecule has 1 aromatic heterocycles. The van der Waals surface area contributed by atoms with Crippen LogP contribution < -0.4 is 10.9 Å². The molecule has 0 spiro atoms. The van der Waals surface area contributed by atoms with Gasteiger partial charge in [0.15, 0.2) is 0 Å². The zero-order valence-corrected chi connectivity index (χ0v) is 13.2. The quantitative estimate of drug-likeness (QED) is 0.792. The van der Waals surface area contributed by atoms with Crippen LogP contribution in [0.4, 0.5) is 10.5 Å². The van der Waals surface area contributed by atoms with Gasteiger partial charge in [-0.1, -0.05) is 56.7 Å². The molecule has 0 saturated carbocycles. The highest BCUT2D eigenvalue weighted by molar-refractivity contribution is 9.08. The van der Waals surface area contributed by atoms with Crippen molar-refractivity contribution in [3.05, 3.63) is 49.5 Å². The van der Waals surface area contributed by atoms with Crippen molar-refractivity contribution < 1.29 is 4.79 Å². The molecule has 0 atom stereocenters. The number of nitrogens with one attached hydrogen (secondary N) is 1. The Labute approximate surface area is 131 Å². The van der Waals surface area contributed by atoms with Crippen molar-refractivity contribution in [3.63, 3.8) is 0 Å². The van der Waals surface area contributed by atoms with E-state index in [-0.39, 0.29) is 10.6 Å². The van der Waals surface area contributed by atoms with Gasteiger partial charge in [-0.05, 0) is 12.1 Å². The summed E-state index contributed by atoms with van der Waals surface area (Å²) >= 11 is 16.1. The van der Waals surface area contributed by atoms with Crippen LogP contribution in [0.25, 0.3) is 0 Å². The Kier molecular flexibility index (Phi) is 4.67. The van der Waals surface area contributed by atoms with E-state index in [0.717, 1.165) is 20.4 Å². The Hall–Kier alpha value is -0.820. The first-order valence-corrected chi connectivity index (χ1v) is 7.71. The second-order valence-corrected chi connectivity index (χ2v) is 5.92. The predicted octanol–water partition coefficient (Wildman–Crippen LogP) is 4.19. The third-order valence-corrected chi connectivity index (χ3v) is 5.02. The van der Waals surface area contributed by atoms with Gasteiger partial charge in [0.25, 0.3) is 5.56 Å². The lowest BCUT2D eigenvalue weighted by Gasteiger charge is -2.07. The zero-order chi connectivity index (χ0) is 14.0. The van der Waals surface area contributed by atoms with Crippen LogP contribution in [-0.4, -0.2) is 9.99 Å². The minimum atomic E-state index is -0.564. The predicted molar refractivity (Wildman–Crippen MR) is 82.1 cm³/mol. The molecule has 0 aliphatic heterocycles. The molecule has 1 heterocycles. The van der Waals surface area contributed by atoms with Crippen molar-refractivity contribution in [2.75, 3.05) is 5.32 Å². The summed E-state index contributed by atoms with van der Waals surface area (Å²) in [4.78, 5) is 24.3. The molecular weight excluding hydrogens is 375 g/mol. The Morgan fingerprint density at radius 3 is 2.79 bits per heavy atom. The molecule has 2 aromatic rings. The Morgan fingerprint density at radius 1 is 1.42 bits per heavy atom. The van der Waals surface area contributed by atoms with Crippen LogP contribution in [0.3, 0.4) is 0 Å². The van der Waals surface area contributed by atoms with E-state index in [1.54, 1.807) is 18.2 Å². The summed E-state index contributed by atoms with van der Waals surface area (Å²) in [5, 5.41) is 3.64. The number of aromatic nitrogens is 1. The maximum Gasteiger partial charge on any atom is 0.342 e. The average Bonchev–Trinajstić information content (AvgIpc) is 2.76. The summed E-state index contributed by atoms with van der Waals surface area (Å²) in [5.74, 6) is 0. The van der Waals surface area contributed by atoms with E-state index in [0.29, 0.717) is 16.0 Å². The number of benzene rings is 1. The molecule has 0 fully saturated rings. The average molecular weight is 382 g/mol. The number of carbonyl (C=O) groups excluding carboxylic acids is 1. The molecule has 8 heteroatoms. The largest absolute Gasteiger partial charge is 0.342 e. The minimum absolute atomic E-state index is 0.239. The summed E-state index contributed by atoms with van der Waals surface area (Å²) in [5.41, 5.74) is -0.0186. The van der Waals surface area contributed by atoms with Crippen molar-refractivity contribution in [2.24, 2.45) is 0 Å². The highest BCUT2D eigenvalue weighted by Crippen LogP contribution is 2.29. The smallest absolute Gasteiger partial charge is 0.305 e. The molecule has 1 N–H and O–H groups in total. The first-order valence-electron chi connectivity index (χ1n) is 5.06. The molecule has 0 saturated heterocycles. The third-order valence-electron chi connectivity index (χ3n) is 2.20. The van der Waals surface area contributed by atoms with Gasteiger partial charge in [-0.3, -0.25) is 4.79 Å². The van der Waals surface area contributed by atoms with Crippen molar-refractivity contribution in [3.8, 4) is 0 Å². The van der Waals surface area contributed by atoms with Gasteiger partial charge in [-0.15, -0.1) is 0 Å². The summed E-state index contributed by atoms with van der Waals surface area (Å²) in [6.07, 6.45) is 0. The number of hydrogen-bond donors (Lipinski definition) is 1. The normalized spacial score (nSPS) is 10.5. The molecule has 0 radical (unpaired) electrons. The van der Waals surface area contributed by atoms with Crippen molar-refractivity contribution in [1.82, 2.24) is 3.96 Å². The van der Waals surface area contributed by atoms with E-state index < -0.39 is 6.03 Å². The Balaban J connectivity index is 2.28. The number of alkyl halides is 1. The molecule has 19 heavy (non-hydrogen) atoms. The third kappa shape index (κ3) is 3.20. The van der Waals surface area contributed by atoms with Gasteiger partial charge in [0.1, 0.15) is 0 Å². The van der Waals surface area contributed by atoms with E-state index in [9.17, 15) is 9.59 Å². The molecule has 1 aromatic carbocycles. The van der Waals surface area contributed by atoms with Crippen molar-refractivity contribution in [1.29, 1.82) is 0 Å². The number of anilines is 1. The fourth-order valence-corrected chi connectivity index (χ4v) is 2.88. The maximum absolute atomic E-state index is 12.0. The standard InChI is InChI=1S/C11H7BrCl2N2O2S/c12-5-6-4-9(17)16(19-6)11(18)15-8-3-1-2-7(13)10(8)14/h1-4H,5H2,(H,15,18). The van der Waals surface area contributed by atoms with Gasteiger partial charge in [0.05, 0.1) is 15.7 Å². The van der Waals surface area contributed by atoms with Crippen LogP contribution >= 0.6 is 50.7 Å². The number of rotatable bonds is 2. The minimum Gasteiger partial charge on any atom is -0.305 e. The van der Waals surface area contributed by atoms with Crippen LogP contribution in [0.5, 0.6) is 0 Å². The fraction of sp³-hybridized carbons (Fsp3) is 0.0909. The van der Waals surface area contributed by atoms with E-state index >= 15 is 0 Å². The van der Waals surface area contributed by atoms with Crippen LogP contribution in [0, 0.1) is 0 Å². The van der Waals surface area contributed by atoms with E-state index in [4.69, 9.17) is 23.2 Å². The Morgan fingerprint density at radius 2 is 2.16 bits per heavy atom. The summed E-state index contributed by atoms with van der Waals surface area (Å²) < 4.78 is 1.02. The monoisotopic (exact) mass is 380 g/mol. The van der Waals surface area contributed by atoms with Gasteiger partial charge in [0.2, 0.25) is 0 Å². The maximum atomic E-state index is 12.0. The lowest BCUT2D eigenvalue weighted by Crippen LogP contribution is -2.26. The van der Waals surface area contributed by atoms with Gasteiger partial charge in [0, 0.05) is 16.3 Å². The van der Waals surface area contributed by atoms with E-state index in [2.05, 4.69) is 21.2 Å². The fourth-order valence-electron chi connectivity index (χ4n) is 1.36. The molecule has 1 amide bonds. The topological polar surface area (TPSA) is 51.1 Å². The second kappa shape index (κ2) is 6.09. The van der Waals surface area contributed by atoms with Gasteiger partial charge < -0.3 is 5.32 Å². The van der Waals surface area contributed by atoms with Crippen molar-refractivity contribution >= 4 is 62.4 Å². The molecule has 100 valence electrons. The molecule has 4 nitrogen and oxygen atoms in total. The highest BCUT2D eigenvalue weighted by atomic mass is 79.9. The van der Waals surface area contributed by atoms with Gasteiger partial charge in [-0.2, -0.15) is 3.96 Å². The zero-order valence-electron chi connectivity index (χ0n) is 9.32. The summed E-state index contributed by atoms with van der Waals surface area (Å²) in [6, 6.07) is 5.71.